The Morgan fingerprint density at radius 1 is 1.22 bits per heavy atom. The highest BCUT2D eigenvalue weighted by Crippen LogP contribution is 2.37. The number of benzene rings is 1. The molecule has 1 amide bonds. The maximum atomic E-state index is 12.5. The molecule has 2 atom stereocenters. The Balaban J connectivity index is 1.59. The van der Waals surface area contributed by atoms with E-state index in [-0.39, 0.29) is 41.3 Å². The van der Waals surface area contributed by atoms with Crippen LogP contribution in [0.1, 0.15) is 27.0 Å². The topological polar surface area (TPSA) is 135 Å². The zero-order valence-corrected chi connectivity index (χ0v) is 22.9. The fourth-order valence-electron chi connectivity index (χ4n) is 3.09. The number of carbonyl (C=O) groups excluding carboxylic acids is 1. The van der Waals surface area contributed by atoms with E-state index in [9.17, 15) is 18.0 Å². The van der Waals surface area contributed by atoms with Crippen LogP contribution in [0.2, 0.25) is 18.1 Å². The van der Waals surface area contributed by atoms with Gasteiger partial charge in [0.2, 0.25) is 0 Å². The third-order valence-corrected chi connectivity index (χ3v) is 12.4. The SMILES string of the molecule is CC(C)(C)[Si](C)(C)OCC1OCC(n2c(NC(=O)OCCS(=O)(=O)c3ccccc3)ccnc2=O)O1. The van der Waals surface area contributed by atoms with Gasteiger partial charge in [-0.05, 0) is 36.3 Å². The highest BCUT2D eigenvalue weighted by molar-refractivity contribution is 7.91. The van der Waals surface area contributed by atoms with E-state index in [1.807, 2.05) is 0 Å². The lowest BCUT2D eigenvalue weighted by Crippen LogP contribution is -2.42. The summed E-state index contributed by atoms with van der Waals surface area (Å²) in [5, 5.41) is 2.47. The van der Waals surface area contributed by atoms with Crippen LogP contribution in [0, 0.1) is 0 Å². The van der Waals surface area contributed by atoms with Gasteiger partial charge in [-0.3, -0.25) is 5.32 Å². The Hall–Kier alpha value is -2.58. The van der Waals surface area contributed by atoms with Crippen molar-refractivity contribution in [1.29, 1.82) is 0 Å². The molecule has 1 aromatic heterocycles. The zero-order valence-electron chi connectivity index (χ0n) is 21.1. The van der Waals surface area contributed by atoms with Crippen molar-refractivity contribution < 1.29 is 31.8 Å². The van der Waals surface area contributed by atoms with Crippen molar-refractivity contribution >= 4 is 30.1 Å². The summed E-state index contributed by atoms with van der Waals surface area (Å²) in [4.78, 5) is 28.7. The van der Waals surface area contributed by atoms with Gasteiger partial charge in [-0.15, -0.1) is 0 Å². The Labute approximate surface area is 211 Å². The number of amides is 1. The minimum atomic E-state index is -3.60. The van der Waals surface area contributed by atoms with Gasteiger partial charge >= 0.3 is 11.8 Å². The normalized spacial score (nSPS) is 18.7. The van der Waals surface area contributed by atoms with E-state index in [2.05, 4.69) is 44.2 Å². The van der Waals surface area contributed by atoms with E-state index in [0.29, 0.717) is 0 Å². The van der Waals surface area contributed by atoms with Crippen LogP contribution >= 0.6 is 0 Å². The third-order valence-electron chi connectivity index (χ3n) is 6.21. The summed E-state index contributed by atoms with van der Waals surface area (Å²) in [6.45, 7) is 10.5. The van der Waals surface area contributed by atoms with Gasteiger partial charge in [0.1, 0.15) is 12.4 Å². The summed E-state index contributed by atoms with van der Waals surface area (Å²) in [6.07, 6.45) is -1.20. The van der Waals surface area contributed by atoms with Crippen molar-refractivity contribution in [3.05, 3.63) is 53.1 Å². The Morgan fingerprint density at radius 3 is 2.58 bits per heavy atom. The predicted molar refractivity (Wildman–Crippen MR) is 135 cm³/mol. The average molecular weight is 540 g/mol. The molecular weight excluding hydrogens is 506 g/mol. The third kappa shape index (κ3) is 7.00. The van der Waals surface area contributed by atoms with Crippen molar-refractivity contribution in [2.75, 3.05) is 30.9 Å². The van der Waals surface area contributed by atoms with Crippen LogP contribution in [0.5, 0.6) is 0 Å². The van der Waals surface area contributed by atoms with Crippen LogP contribution in [0.25, 0.3) is 0 Å². The molecule has 13 heteroatoms. The van der Waals surface area contributed by atoms with E-state index in [4.69, 9.17) is 18.6 Å². The van der Waals surface area contributed by atoms with Gasteiger partial charge in [-0.25, -0.2) is 27.6 Å². The minimum absolute atomic E-state index is 0.0170. The molecule has 1 aliphatic heterocycles. The fourth-order valence-corrected chi connectivity index (χ4v) is 5.18. The smallest absolute Gasteiger partial charge is 0.412 e. The van der Waals surface area contributed by atoms with Crippen LogP contribution in [0.4, 0.5) is 10.6 Å². The van der Waals surface area contributed by atoms with Gasteiger partial charge in [0.05, 0.1) is 23.9 Å². The monoisotopic (exact) mass is 539 g/mol. The van der Waals surface area contributed by atoms with Gasteiger partial charge in [0, 0.05) is 6.20 Å². The van der Waals surface area contributed by atoms with E-state index in [0.717, 1.165) is 4.57 Å². The first-order valence-corrected chi connectivity index (χ1v) is 16.1. The molecule has 0 saturated carbocycles. The first-order chi connectivity index (χ1) is 16.8. The summed E-state index contributed by atoms with van der Waals surface area (Å²) in [6, 6.07) is 9.29. The maximum Gasteiger partial charge on any atom is 0.412 e. The molecular formula is C23H33N3O8SSi. The van der Waals surface area contributed by atoms with Gasteiger partial charge in [-0.2, -0.15) is 0 Å². The van der Waals surface area contributed by atoms with Crippen molar-refractivity contribution in [3.8, 4) is 0 Å². The molecule has 0 aliphatic carbocycles. The maximum absolute atomic E-state index is 12.5. The Morgan fingerprint density at radius 2 is 1.92 bits per heavy atom. The molecule has 2 heterocycles. The van der Waals surface area contributed by atoms with Gasteiger partial charge < -0.3 is 18.6 Å². The quantitative estimate of drug-likeness (QED) is 0.477. The number of anilines is 1. The van der Waals surface area contributed by atoms with Crippen molar-refractivity contribution in [1.82, 2.24) is 9.55 Å². The van der Waals surface area contributed by atoms with Gasteiger partial charge in [0.15, 0.2) is 30.7 Å². The minimum Gasteiger partial charge on any atom is -0.448 e. The number of aromatic nitrogens is 2. The fraction of sp³-hybridized carbons (Fsp3) is 0.522. The highest BCUT2D eigenvalue weighted by Gasteiger charge is 2.39. The number of ether oxygens (including phenoxy) is 3. The van der Waals surface area contributed by atoms with Crippen LogP contribution in [-0.4, -0.2) is 64.2 Å². The summed E-state index contributed by atoms with van der Waals surface area (Å²) < 4.78 is 48.5. The van der Waals surface area contributed by atoms with Crippen molar-refractivity contribution in [2.24, 2.45) is 0 Å². The van der Waals surface area contributed by atoms with Gasteiger partial charge in [0.25, 0.3) is 0 Å². The van der Waals surface area contributed by atoms with E-state index in [1.165, 1.54) is 24.4 Å². The Bertz CT molecular complexity index is 1210. The van der Waals surface area contributed by atoms with E-state index < -0.39 is 42.5 Å². The molecule has 0 radical (unpaired) electrons. The number of nitrogens with zero attached hydrogens (tertiary/aromatic N) is 2. The van der Waals surface area contributed by atoms with Crippen LogP contribution in [-0.2, 0) is 28.5 Å². The number of rotatable bonds is 9. The lowest BCUT2D eigenvalue weighted by atomic mass is 10.2. The molecule has 2 unspecified atom stereocenters. The molecule has 1 aromatic carbocycles. The number of nitrogens with one attached hydrogen (secondary N) is 1. The van der Waals surface area contributed by atoms with E-state index >= 15 is 0 Å². The number of hydrogen-bond acceptors (Lipinski definition) is 9. The first kappa shape index (κ1) is 28.0. The van der Waals surface area contributed by atoms with Crippen LogP contribution in [0.3, 0.4) is 0 Å². The Kier molecular flexibility index (Phi) is 8.72. The summed E-state index contributed by atoms with van der Waals surface area (Å²) >= 11 is 0. The number of carbonyl (C=O) groups is 1. The molecule has 1 aliphatic rings. The summed E-state index contributed by atoms with van der Waals surface area (Å²) in [5.41, 5.74) is -0.654. The summed E-state index contributed by atoms with van der Waals surface area (Å²) in [7, 11) is -5.63. The van der Waals surface area contributed by atoms with E-state index in [1.54, 1.807) is 18.2 Å². The molecule has 3 rings (SSSR count). The highest BCUT2D eigenvalue weighted by atomic mass is 32.2. The molecule has 0 bridgehead atoms. The number of hydrogen-bond donors (Lipinski definition) is 1. The number of sulfone groups is 1. The average Bonchev–Trinajstić information content (AvgIpc) is 3.26. The standard InChI is InChI=1S/C23H33N3O8SSi/c1-23(2,3)36(4,5)33-16-20-32-15-19(34-20)26-18(11-12-24-21(26)27)25-22(28)31-13-14-35(29,30)17-9-7-6-8-10-17/h6-12,19-20H,13-16H2,1-5H3,(H,25,28). The second-order valence-electron chi connectivity index (χ2n) is 9.80. The van der Waals surface area contributed by atoms with Gasteiger partial charge in [-0.1, -0.05) is 39.0 Å². The lowest BCUT2D eigenvalue weighted by molar-refractivity contribution is -0.0958. The molecule has 1 saturated heterocycles. The van der Waals surface area contributed by atoms with Crippen LogP contribution < -0.4 is 11.0 Å². The molecule has 36 heavy (non-hydrogen) atoms. The molecule has 2 aromatic rings. The first-order valence-electron chi connectivity index (χ1n) is 11.5. The van der Waals surface area contributed by atoms with Crippen LogP contribution in [0.15, 0.2) is 52.3 Å². The molecule has 0 spiro atoms. The zero-order chi connectivity index (χ0) is 26.6. The molecule has 1 fully saturated rings. The second-order valence-corrected chi connectivity index (χ2v) is 16.7. The van der Waals surface area contributed by atoms with Crippen molar-refractivity contribution in [3.63, 3.8) is 0 Å². The summed E-state index contributed by atoms with van der Waals surface area (Å²) in [5.74, 6) is -0.311. The molecule has 1 N–H and O–H groups in total. The largest absolute Gasteiger partial charge is 0.448 e. The second kappa shape index (κ2) is 11.2. The molecule has 198 valence electrons. The predicted octanol–water partition coefficient (Wildman–Crippen LogP) is 3.16. The lowest BCUT2D eigenvalue weighted by Gasteiger charge is -2.36. The molecule has 11 nitrogen and oxygen atoms in total. The van der Waals surface area contributed by atoms with Crippen molar-refractivity contribution in [2.45, 2.75) is 56.3 Å².